The lowest BCUT2D eigenvalue weighted by atomic mass is 10.1. The molecule has 3 rings (SSSR count). The molecule has 0 aliphatic carbocycles. The minimum atomic E-state index is -0.592. The zero-order chi connectivity index (χ0) is 20.3. The number of nitrogens with zero attached hydrogens (tertiary/aromatic N) is 4. The van der Waals surface area contributed by atoms with Crippen LogP contribution in [0.5, 0.6) is 0 Å². The Bertz CT molecular complexity index is 1050. The van der Waals surface area contributed by atoms with Gasteiger partial charge in [-0.3, -0.25) is 14.9 Å². The first-order chi connectivity index (χ1) is 13.3. The summed E-state index contributed by atoms with van der Waals surface area (Å²) >= 11 is 6.97. The van der Waals surface area contributed by atoms with Gasteiger partial charge in [-0.05, 0) is 25.1 Å². The maximum Gasteiger partial charge on any atom is 0.294 e. The highest BCUT2D eigenvalue weighted by Gasteiger charge is 2.18. The summed E-state index contributed by atoms with van der Waals surface area (Å²) in [7, 11) is 1.82. The number of carbonyl (C=O) groups is 1. The first kappa shape index (κ1) is 19.8. The smallest absolute Gasteiger partial charge is 0.294 e. The maximum absolute atomic E-state index is 12.2. The predicted octanol–water partition coefficient (Wildman–Crippen LogP) is 4.08. The van der Waals surface area contributed by atoms with E-state index in [0.717, 1.165) is 11.1 Å². The molecule has 0 radical (unpaired) electrons. The number of halogens is 1. The molecule has 0 aliphatic rings. The van der Waals surface area contributed by atoms with Crippen LogP contribution in [0, 0.1) is 17.0 Å². The third kappa shape index (κ3) is 4.49. The molecule has 28 heavy (non-hydrogen) atoms. The molecule has 0 aliphatic heterocycles. The molecule has 0 saturated heterocycles. The SMILES string of the molecule is Cc1cccc(-c2nnc(SCC(=O)Nc3ccc(Cl)cc3[N+](=O)[O-])n2C)c1. The van der Waals surface area contributed by atoms with Crippen molar-refractivity contribution in [2.75, 3.05) is 11.1 Å². The number of nitrogens with one attached hydrogen (secondary N) is 1. The average Bonchev–Trinajstić information content (AvgIpc) is 3.02. The van der Waals surface area contributed by atoms with E-state index in [4.69, 9.17) is 11.6 Å². The van der Waals surface area contributed by atoms with Gasteiger partial charge in [0.1, 0.15) is 5.69 Å². The summed E-state index contributed by atoms with van der Waals surface area (Å²) in [6.45, 7) is 2.00. The van der Waals surface area contributed by atoms with E-state index in [1.165, 1.54) is 30.0 Å². The van der Waals surface area contributed by atoms with E-state index in [0.29, 0.717) is 11.0 Å². The Kier molecular flexibility index (Phi) is 5.96. The van der Waals surface area contributed by atoms with Crippen LogP contribution in [0.1, 0.15) is 5.56 Å². The second kappa shape index (κ2) is 8.41. The second-order valence-corrected chi connectivity index (χ2v) is 7.37. The number of nitro benzene ring substituents is 1. The molecule has 10 heteroatoms. The Morgan fingerprint density at radius 3 is 2.79 bits per heavy atom. The largest absolute Gasteiger partial charge is 0.320 e. The summed E-state index contributed by atoms with van der Waals surface area (Å²) < 4.78 is 1.80. The summed E-state index contributed by atoms with van der Waals surface area (Å²) in [5.41, 5.74) is 1.88. The van der Waals surface area contributed by atoms with Gasteiger partial charge < -0.3 is 9.88 Å². The van der Waals surface area contributed by atoms with Crippen molar-refractivity contribution in [3.05, 3.63) is 63.2 Å². The van der Waals surface area contributed by atoms with Crippen molar-refractivity contribution in [2.24, 2.45) is 7.05 Å². The van der Waals surface area contributed by atoms with E-state index < -0.39 is 10.8 Å². The number of aromatic nitrogens is 3. The van der Waals surface area contributed by atoms with E-state index in [9.17, 15) is 14.9 Å². The number of hydrogen-bond acceptors (Lipinski definition) is 6. The number of aryl methyl sites for hydroxylation is 1. The van der Waals surface area contributed by atoms with E-state index >= 15 is 0 Å². The lowest BCUT2D eigenvalue weighted by molar-refractivity contribution is -0.383. The van der Waals surface area contributed by atoms with Crippen molar-refractivity contribution in [1.82, 2.24) is 14.8 Å². The maximum atomic E-state index is 12.2. The van der Waals surface area contributed by atoms with Crippen molar-refractivity contribution in [3.63, 3.8) is 0 Å². The van der Waals surface area contributed by atoms with Gasteiger partial charge in [0.2, 0.25) is 5.91 Å². The minimum Gasteiger partial charge on any atom is -0.320 e. The first-order valence-electron chi connectivity index (χ1n) is 8.18. The topological polar surface area (TPSA) is 103 Å². The van der Waals surface area contributed by atoms with Crippen LogP contribution in [0.25, 0.3) is 11.4 Å². The fourth-order valence-corrected chi connectivity index (χ4v) is 3.43. The lowest BCUT2D eigenvalue weighted by Gasteiger charge is -2.07. The quantitative estimate of drug-likeness (QED) is 0.368. The van der Waals surface area contributed by atoms with Gasteiger partial charge in [-0.1, -0.05) is 47.1 Å². The molecule has 1 N–H and O–H groups in total. The van der Waals surface area contributed by atoms with Crippen LogP contribution in [-0.4, -0.2) is 31.3 Å². The van der Waals surface area contributed by atoms with Crippen molar-refractivity contribution in [3.8, 4) is 11.4 Å². The Morgan fingerprint density at radius 1 is 1.29 bits per heavy atom. The van der Waals surface area contributed by atoms with Crippen molar-refractivity contribution in [1.29, 1.82) is 0 Å². The molecule has 0 bridgehead atoms. The van der Waals surface area contributed by atoms with E-state index in [2.05, 4.69) is 15.5 Å². The molecule has 1 heterocycles. The Labute approximate surface area is 170 Å². The fourth-order valence-electron chi connectivity index (χ4n) is 2.55. The normalized spacial score (nSPS) is 10.7. The number of benzene rings is 2. The molecular weight excluding hydrogens is 402 g/mol. The van der Waals surface area contributed by atoms with Crippen molar-refractivity contribution < 1.29 is 9.72 Å². The van der Waals surface area contributed by atoms with Gasteiger partial charge in [-0.2, -0.15) is 0 Å². The lowest BCUT2D eigenvalue weighted by Crippen LogP contribution is -2.15. The summed E-state index contributed by atoms with van der Waals surface area (Å²) in [6.07, 6.45) is 0. The van der Waals surface area contributed by atoms with Crippen LogP contribution in [0.4, 0.5) is 11.4 Å². The van der Waals surface area contributed by atoms with Crippen LogP contribution < -0.4 is 5.32 Å². The van der Waals surface area contributed by atoms with Crippen LogP contribution in [-0.2, 0) is 11.8 Å². The second-order valence-electron chi connectivity index (χ2n) is 5.99. The zero-order valence-electron chi connectivity index (χ0n) is 15.0. The van der Waals surface area contributed by atoms with Crippen molar-refractivity contribution >= 4 is 40.6 Å². The summed E-state index contributed by atoms with van der Waals surface area (Å²) in [4.78, 5) is 22.8. The number of anilines is 1. The summed E-state index contributed by atoms with van der Waals surface area (Å²) in [6, 6.07) is 12.0. The Morgan fingerprint density at radius 2 is 2.07 bits per heavy atom. The van der Waals surface area contributed by atoms with Gasteiger partial charge in [-0.25, -0.2) is 0 Å². The van der Waals surface area contributed by atoms with Gasteiger partial charge in [-0.15, -0.1) is 10.2 Å². The number of carbonyl (C=O) groups excluding carboxylic acids is 1. The standard InChI is InChI=1S/C18H16ClN5O3S/c1-11-4-3-5-12(8-11)17-21-22-18(23(17)2)28-10-16(25)20-14-7-6-13(19)9-15(14)24(26)27/h3-9H,10H2,1-2H3,(H,20,25). The van der Waals surface area contributed by atoms with Gasteiger partial charge in [0.05, 0.1) is 10.7 Å². The molecule has 144 valence electrons. The molecule has 8 nitrogen and oxygen atoms in total. The van der Waals surface area contributed by atoms with Gasteiger partial charge >= 0.3 is 0 Å². The van der Waals surface area contributed by atoms with E-state index in [1.807, 2.05) is 38.2 Å². The minimum absolute atomic E-state index is 0.0274. The highest BCUT2D eigenvalue weighted by Crippen LogP contribution is 2.28. The monoisotopic (exact) mass is 417 g/mol. The Balaban J connectivity index is 1.68. The number of hydrogen-bond donors (Lipinski definition) is 1. The highest BCUT2D eigenvalue weighted by molar-refractivity contribution is 7.99. The first-order valence-corrected chi connectivity index (χ1v) is 9.54. The summed E-state index contributed by atoms with van der Waals surface area (Å²) in [5, 5.41) is 22.8. The molecule has 0 fully saturated rings. The van der Waals surface area contributed by atoms with Crippen molar-refractivity contribution in [2.45, 2.75) is 12.1 Å². The molecule has 3 aromatic rings. The summed E-state index contributed by atoms with van der Waals surface area (Å²) in [5.74, 6) is 0.329. The highest BCUT2D eigenvalue weighted by atomic mass is 35.5. The van der Waals surface area contributed by atoms with E-state index in [-0.39, 0.29) is 22.2 Å². The van der Waals surface area contributed by atoms with Gasteiger partial charge in [0.25, 0.3) is 5.69 Å². The van der Waals surface area contributed by atoms with E-state index in [1.54, 1.807) is 4.57 Å². The van der Waals surface area contributed by atoms with Crippen LogP contribution >= 0.6 is 23.4 Å². The third-order valence-electron chi connectivity index (χ3n) is 3.87. The molecular formula is C18H16ClN5O3S. The fraction of sp³-hybridized carbons (Fsp3) is 0.167. The van der Waals surface area contributed by atoms with Crippen LogP contribution in [0.15, 0.2) is 47.6 Å². The molecule has 0 unspecified atom stereocenters. The molecule has 0 saturated carbocycles. The average molecular weight is 418 g/mol. The number of amides is 1. The van der Waals surface area contributed by atoms with Crippen LogP contribution in [0.3, 0.4) is 0 Å². The Hall–Kier alpha value is -2.91. The predicted molar refractivity (Wildman–Crippen MR) is 109 cm³/mol. The zero-order valence-corrected chi connectivity index (χ0v) is 16.6. The number of thioether (sulfide) groups is 1. The molecule has 2 aromatic carbocycles. The number of nitro groups is 1. The van der Waals surface area contributed by atoms with Gasteiger partial charge in [0.15, 0.2) is 11.0 Å². The molecule has 0 spiro atoms. The molecule has 1 aromatic heterocycles. The molecule has 1 amide bonds. The van der Waals surface area contributed by atoms with Crippen LogP contribution in [0.2, 0.25) is 5.02 Å². The third-order valence-corrected chi connectivity index (χ3v) is 5.13. The number of rotatable bonds is 6. The molecule has 0 atom stereocenters. The van der Waals surface area contributed by atoms with Gasteiger partial charge in [0, 0.05) is 23.7 Å².